The van der Waals surface area contributed by atoms with Gasteiger partial charge in [0.1, 0.15) is 18.1 Å². The highest BCUT2D eigenvalue weighted by molar-refractivity contribution is 5.93. The molecule has 0 aliphatic carbocycles. The molecular weight excluding hydrogens is 344 g/mol. The Morgan fingerprint density at radius 3 is 2.89 bits per heavy atom. The number of benzene rings is 1. The summed E-state index contributed by atoms with van der Waals surface area (Å²) < 4.78 is 5.09. The lowest BCUT2D eigenvalue weighted by Crippen LogP contribution is -2.34. The molecule has 1 aromatic carbocycles. The minimum Gasteiger partial charge on any atom is -0.447 e. The maximum absolute atomic E-state index is 11.9. The number of H-pyrrole nitrogens is 1. The van der Waals surface area contributed by atoms with Gasteiger partial charge < -0.3 is 9.72 Å². The zero-order chi connectivity index (χ0) is 19.0. The van der Waals surface area contributed by atoms with Crippen molar-refractivity contribution in [1.82, 2.24) is 14.9 Å². The lowest BCUT2D eigenvalue weighted by molar-refractivity contribution is 0.101. The molecule has 4 rings (SSSR count). The SMILES string of the molecule is CC(=O)c1nc(CCN2CCc3c(cccc3N3CCOC3=O)C2)[nH]c1C. The van der Waals surface area contributed by atoms with Gasteiger partial charge >= 0.3 is 6.09 Å². The molecule has 3 heterocycles. The van der Waals surface area contributed by atoms with Gasteiger partial charge in [-0.3, -0.25) is 14.6 Å². The summed E-state index contributed by atoms with van der Waals surface area (Å²) in [5, 5.41) is 0. The van der Waals surface area contributed by atoms with Crippen molar-refractivity contribution in [2.75, 3.05) is 31.1 Å². The molecule has 0 bridgehead atoms. The molecule has 27 heavy (non-hydrogen) atoms. The maximum Gasteiger partial charge on any atom is 0.414 e. The van der Waals surface area contributed by atoms with Crippen LogP contribution in [0.1, 0.15) is 40.1 Å². The Labute approximate surface area is 158 Å². The number of nitrogens with zero attached hydrogens (tertiary/aromatic N) is 3. The number of fused-ring (bicyclic) bond motifs is 1. The molecule has 0 radical (unpaired) electrons. The first-order valence-electron chi connectivity index (χ1n) is 9.37. The fraction of sp³-hybridized carbons (Fsp3) is 0.450. The Morgan fingerprint density at radius 2 is 2.19 bits per heavy atom. The predicted molar refractivity (Wildman–Crippen MR) is 101 cm³/mol. The number of rotatable bonds is 5. The first-order valence-corrected chi connectivity index (χ1v) is 9.37. The average Bonchev–Trinajstić information content (AvgIpc) is 3.24. The van der Waals surface area contributed by atoms with Gasteiger partial charge in [0.2, 0.25) is 0 Å². The van der Waals surface area contributed by atoms with E-state index < -0.39 is 0 Å². The van der Waals surface area contributed by atoms with Crippen LogP contribution in [0, 0.1) is 6.92 Å². The Kier molecular flexibility index (Phi) is 4.70. The van der Waals surface area contributed by atoms with E-state index in [4.69, 9.17) is 4.74 Å². The van der Waals surface area contributed by atoms with Crippen molar-refractivity contribution in [3.05, 3.63) is 46.5 Å². The molecule has 1 saturated heterocycles. The fourth-order valence-corrected chi connectivity index (χ4v) is 3.95. The summed E-state index contributed by atoms with van der Waals surface area (Å²) in [6.45, 7) is 7.17. The van der Waals surface area contributed by atoms with Gasteiger partial charge in [0.15, 0.2) is 5.78 Å². The topological polar surface area (TPSA) is 78.5 Å². The number of imidazole rings is 1. The van der Waals surface area contributed by atoms with E-state index in [1.165, 1.54) is 11.1 Å². The van der Waals surface area contributed by atoms with Crippen LogP contribution in [0.5, 0.6) is 0 Å². The van der Waals surface area contributed by atoms with Crippen LogP contribution in [0.2, 0.25) is 0 Å². The molecule has 0 saturated carbocycles. The average molecular weight is 368 g/mol. The van der Waals surface area contributed by atoms with Gasteiger partial charge in [-0.2, -0.15) is 0 Å². The molecule has 2 aliphatic rings. The van der Waals surface area contributed by atoms with E-state index in [2.05, 4.69) is 20.9 Å². The van der Waals surface area contributed by atoms with E-state index in [-0.39, 0.29) is 11.9 Å². The van der Waals surface area contributed by atoms with Crippen LogP contribution in [0.15, 0.2) is 18.2 Å². The van der Waals surface area contributed by atoms with Crippen molar-refractivity contribution < 1.29 is 14.3 Å². The molecule has 7 heteroatoms. The third kappa shape index (κ3) is 3.47. The minimum absolute atomic E-state index is 0.00475. The number of nitrogens with one attached hydrogen (secondary N) is 1. The number of aromatic nitrogens is 2. The molecule has 1 aromatic heterocycles. The number of cyclic esters (lactones) is 1. The fourth-order valence-electron chi connectivity index (χ4n) is 3.95. The van der Waals surface area contributed by atoms with Crippen LogP contribution in [0.3, 0.4) is 0 Å². The summed E-state index contributed by atoms with van der Waals surface area (Å²) in [6.07, 6.45) is 1.44. The highest BCUT2D eigenvalue weighted by Crippen LogP contribution is 2.30. The molecule has 2 aromatic rings. The predicted octanol–water partition coefficient (Wildman–Crippen LogP) is 2.48. The molecule has 0 spiro atoms. The number of aryl methyl sites for hydroxylation is 1. The van der Waals surface area contributed by atoms with Crippen molar-refractivity contribution in [3.8, 4) is 0 Å². The second-order valence-electron chi connectivity index (χ2n) is 7.17. The highest BCUT2D eigenvalue weighted by Gasteiger charge is 2.28. The maximum atomic E-state index is 11.9. The van der Waals surface area contributed by atoms with Crippen molar-refractivity contribution in [2.45, 2.75) is 33.2 Å². The van der Waals surface area contributed by atoms with Crippen LogP contribution < -0.4 is 4.90 Å². The number of hydrogen-bond acceptors (Lipinski definition) is 5. The highest BCUT2D eigenvalue weighted by atomic mass is 16.6. The third-order valence-corrected chi connectivity index (χ3v) is 5.30. The summed E-state index contributed by atoms with van der Waals surface area (Å²) in [5.41, 5.74) is 4.88. The van der Waals surface area contributed by atoms with Crippen LogP contribution >= 0.6 is 0 Å². The number of aromatic amines is 1. The monoisotopic (exact) mass is 368 g/mol. The lowest BCUT2D eigenvalue weighted by atomic mass is 9.97. The van der Waals surface area contributed by atoms with E-state index in [1.807, 2.05) is 19.1 Å². The number of amides is 1. The summed E-state index contributed by atoms with van der Waals surface area (Å²) in [7, 11) is 0. The number of Topliss-reactive ketones (excluding diaryl/α,β-unsaturated/α-hetero) is 1. The smallest absolute Gasteiger partial charge is 0.414 e. The third-order valence-electron chi connectivity index (χ3n) is 5.30. The van der Waals surface area contributed by atoms with E-state index in [0.717, 1.165) is 49.7 Å². The Balaban J connectivity index is 1.44. The molecule has 1 fully saturated rings. The first-order chi connectivity index (χ1) is 13.0. The van der Waals surface area contributed by atoms with Crippen LogP contribution in [0.4, 0.5) is 10.5 Å². The molecular formula is C20H24N4O3. The lowest BCUT2D eigenvalue weighted by Gasteiger charge is -2.31. The quantitative estimate of drug-likeness (QED) is 0.821. The molecule has 1 N–H and O–H groups in total. The van der Waals surface area contributed by atoms with Gasteiger partial charge in [0, 0.05) is 38.7 Å². The second-order valence-corrected chi connectivity index (χ2v) is 7.17. The Hall–Kier alpha value is -2.67. The first kappa shape index (κ1) is 17.7. The van der Waals surface area contributed by atoms with Crippen LogP contribution in [-0.2, 0) is 24.1 Å². The Bertz CT molecular complexity index is 889. The number of carbonyl (C=O) groups is 2. The number of carbonyl (C=O) groups excluding carboxylic acids is 2. The van der Waals surface area contributed by atoms with E-state index >= 15 is 0 Å². The molecule has 7 nitrogen and oxygen atoms in total. The number of ether oxygens (including phenoxy) is 1. The van der Waals surface area contributed by atoms with Crippen LogP contribution in [-0.4, -0.2) is 53.0 Å². The summed E-state index contributed by atoms with van der Waals surface area (Å²) >= 11 is 0. The zero-order valence-corrected chi connectivity index (χ0v) is 15.7. The zero-order valence-electron chi connectivity index (χ0n) is 15.7. The number of ketones is 1. The second kappa shape index (κ2) is 7.15. The van der Waals surface area contributed by atoms with Gasteiger partial charge in [-0.05, 0) is 30.5 Å². The van der Waals surface area contributed by atoms with E-state index in [0.29, 0.717) is 18.8 Å². The van der Waals surface area contributed by atoms with Crippen molar-refractivity contribution in [2.24, 2.45) is 0 Å². The molecule has 0 atom stereocenters. The summed E-state index contributed by atoms with van der Waals surface area (Å²) in [6, 6.07) is 6.16. The number of hydrogen-bond donors (Lipinski definition) is 1. The van der Waals surface area contributed by atoms with Gasteiger partial charge in [0.05, 0.1) is 12.2 Å². The molecule has 1 amide bonds. The normalized spacial score (nSPS) is 17.1. The summed E-state index contributed by atoms with van der Waals surface area (Å²) in [5.74, 6) is 0.854. The van der Waals surface area contributed by atoms with Gasteiger partial charge in [-0.25, -0.2) is 9.78 Å². The number of anilines is 1. The standard InChI is InChI=1S/C20H24N4O3/c1-13-19(14(2)25)22-18(21-13)7-9-23-8-6-16-15(12-23)4-3-5-17(16)24-10-11-27-20(24)26/h3-5H,6-12H2,1-2H3,(H,21,22). The molecule has 142 valence electrons. The van der Waals surface area contributed by atoms with E-state index in [1.54, 1.807) is 11.8 Å². The van der Waals surface area contributed by atoms with Crippen molar-refractivity contribution >= 4 is 17.6 Å². The van der Waals surface area contributed by atoms with Gasteiger partial charge in [-0.15, -0.1) is 0 Å². The van der Waals surface area contributed by atoms with Crippen molar-refractivity contribution in [1.29, 1.82) is 0 Å². The van der Waals surface area contributed by atoms with Crippen LogP contribution in [0.25, 0.3) is 0 Å². The molecule has 0 unspecified atom stereocenters. The minimum atomic E-state index is -0.250. The summed E-state index contributed by atoms with van der Waals surface area (Å²) in [4.78, 5) is 35.2. The van der Waals surface area contributed by atoms with Gasteiger partial charge in [0.25, 0.3) is 0 Å². The van der Waals surface area contributed by atoms with E-state index in [9.17, 15) is 9.59 Å². The Morgan fingerprint density at radius 1 is 1.33 bits per heavy atom. The molecule has 2 aliphatic heterocycles. The van der Waals surface area contributed by atoms with Crippen molar-refractivity contribution in [3.63, 3.8) is 0 Å². The van der Waals surface area contributed by atoms with Gasteiger partial charge in [-0.1, -0.05) is 12.1 Å². The largest absolute Gasteiger partial charge is 0.447 e.